The maximum atomic E-state index is 5.90. The van der Waals surface area contributed by atoms with Crippen LogP contribution in [0.1, 0.15) is 39.0 Å². The van der Waals surface area contributed by atoms with Gasteiger partial charge in [0.25, 0.3) is 0 Å². The summed E-state index contributed by atoms with van der Waals surface area (Å²) in [6, 6.07) is 2.65. The Morgan fingerprint density at radius 2 is 2.07 bits per heavy atom. The molecule has 0 radical (unpaired) electrons. The number of nitrogens with zero attached hydrogens (tertiary/aromatic N) is 1. The first-order valence-corrected chi connectivity index (χ1v) is 6.37. The van der Waals surface area contributed by atoms with Crippen molar-refractivity contribution in [3.63, 3.8) is 0 Å². The number of hydrogen-bond acceptors (Lipinski definition) is 3. The highest BCUT2D eigenvalue weighted by Gasteiger charge is 2.29. The summed E-state index contributed by atoms with van der Waals surface area (Å²) >= 11 is 0. The number of hydrogen-bond donors (Lipinski definition) is 2. The predicted octanol–water partition coefficient (Wildman–Crippen LogP) is 0.939. The number of nitrogens with one attached hydrogen (secondary N) is 1. The van der Waals surface area contributed by atoms with Gasteiger partial charge in [-0.3, -0.25) is 4.90 Å². The molecule has 88 valence electrons. The smallest absolute Gasteiger partial charge is 0.0192 e. The second-order valence-electron chi connectivity index (χ2n) is 5.42. The molecule has 3 N–H and O–H groups in total. The highest BCUT2D eigenvalue weighted by Crippen LogP contribution is 2.26. The lowest BCUT2D eigenvalue weighted by Crippen LogP contribution is -2.42. The number of likely N-dealkylation sites (N-methyl/N-ethyl adjacent to an activating group) is 1. The Bertz CT molecular complexity index is 203. The average molecular weight is 211 g/mol. The lowest BCUT2D eigenvalue weighted by atomic mass is 10.2. The fourth-order valence-corrected chi connectivity index (χ4v) is 2.52. The zero-order valence-corrected chi connectivity index (χ0v) is 10.1. The van der Waals surface area contributed by atoms with Gasteiger partial charge in [-0.2, -0.15) is 0 Å². The van der Waals surface area contributed by atoms with Crippen molar-refractivity contribution in [1.82, 2.24) is 10.2 Å². The maximum absolute atomic E-state index is 5.90. The molecule has 3 nitrogen and oxygen atoms in total. The summed E-state index contributed by atoms with van der Waals surface area (Å²) in [5, 5.41) is 3.65. The van der Waals surface area contributed by atoms with E-state index in [0.29, 0.717) is 18.1 Å². The minimum Gasteiger partial charge on any atom is -0.328 e. The average Bonchev–Trinajstić information content (AvgIpc) is 2.98. The lowest BCUT2D eigenvalue weighted by molar-refractivity contribution is 0.235. The molecular weight excluding hydrogens is 186 g/mol. The van der Waals surface area contributed by atoms with Crippen molar-refractivity contribution in [2.45, 2.75) is 63.2 Å². The van der Waals surface area contributed by atoms with Crippen molar-refractivity contribution in [1.29, 1.82) is 0 Å². The van der Waals surface area contributed by atoms with E-state index in [4.69, 9.17) is 5.73 Å². The molecular formula is C12H25N3. The van der Waals surface area contributed by atoms with Crippen LogP contribution < -0.4 is 11.1 Å². The van der Waals surface area contributed by atoms with Gasteiger partial charge < -0.3 is 11.1 Å². The molecule has 2 aliphatic carbocycles. The van der Waals surface area contributed by atoms with Crippen molar-refractivity contribution in [2.24, 2.45) is 5.73 Å². The summed E-state index contributed by atoms with van der Waals surface area (Å²) in [5.74, 6) is 0. The predicted molar refractivity (Wildman–Crippen MR) is 63.9 cm³/mol. The number of rotatable bonds is 5. The van der Waals surface area contributed by atoms with E-state index in [-0.39, 0.29) is 0 Å². The topological polar surface area (TPSA) is 41.3 Å². The van der Waals surface area contributed by atoms with Crippen molar-refractivity contribution >= 4 is 0 Å². The van der Waals surface area contributed by atoms with E-state index in [1.54, 1.807) is 0 Å². The van der Waals surface area contributed by atoms with Crippen molar-refractivity contribution in [2.75, 3.05) is 13.6 Å². The van der Waals surface area contributed by atoms with E-state index >= 15 is 0 Å². The van der Waals surface area contributed by atoms with Gasteiger partial charge >= 0.3 is 0 Å². The summed E-state index contributed by atoms with van der Waals surface area (Å²) in [7, 11) is 2.25. The summed E-state index contributed by atoms with van der Waals surface area (Å²) in [6.45, 7) is 3.44. The van der Waals surface area contributed by atoms with Crippen LogP contribution in [-0.4, -0.2) is 42.7 Å². The zero-order chi connectivity index (χ0) is 10.8. The normalized spacial score (nSPS) is 33.6. The standard InChI is InChI=1S/C12H25N3/c1-9(15(2)12-5-6-12)8-14-11-4-3-10(13)7-11/h9-12,14H,3-8,13H2,1-2H3. The van der Waals surface area contributed by atoms with E-state index in [0.717, 1.165) is 12.6 Å². The van der Waals surface area contributed by atoms with Crippen LogP contribution in [0.25, 0.3) is 0 Å². The SMILES string of the molecule is CC(CNC1CCC(N)C1)N(C)C1CC1. The van der Waals surface area contributed by atoms with E-state index in [9.17, 15) is 0 Å². The molecule has 2 aliphatic rings. The fraction of sp³-hybridized carbons (Fsp3) is 1.00. The summed E-state index contributed by atoms with van der Waals surface area (Å²) in [6.07, 6.45) is 6.43. The molecule has 3 heteroatoms. The van der Waals surface area contributed by atoms with Gasteiger partial charge in [-0.1, -0.05) is 0 Å². The Morgan fingerprint density at radius 3 is 2.60 bits per heavy atom. The van der Waals surface area contributed by atoms with Crippen LogP contribution in [-0.2, 0) is 0 Å². The van der Waals surface area contributed by atoms with Crippen LogP contribution >= 0.6 is 0 Å². The van der Waals surface area contributed by atoms with Gasteiger partial charge in [-0.05, 0) is 46.1 Å². The highest BCUT2D eigenvalue weighted by atomic mass is 15.2. The molecule has 0 aromatic rings. The Morgan fingerprint density at radius 1 is 1.33 bits per heavy atom. The first kappa shape index (κ1) is 11.4. The van der Waals surface area contributed by atoms with E-state index in [2.05, 4.69) is 24.2 Å². The molecule has 0 heterocycles. The monoisotopic (exact) mass is 211 g/mol. The van der Waals surface area contributed by atoms with E-state index in [1.165, 1.54) is 32.1 Å². The van der Waals surface area contributed by atoms with E-state index < -0.39 is 0 Å². The van der Waals surface area contributed by atoms with E-state index in [1.807, 2.05) is 0 Å². The van der Waals surface area contributed by atoms with Gasteiger partial charge in [0, 0.05) is 30.7 Å². The van der Waals surface area contributed by atoms with Crippen LogP contribution in [0.5, 0.6) is 0 Å². The minimum atomic E-state index is 0.443. The highest BCUT2D eigenvalue weighted by molar-refractivity contribution is 4.88. The summed E-state index contributed by atoms with van der Waals surface area (Å²) in [5.41, 5.74) is 5.90. The maximum Gasteiger partial charge on any atom is 0.0192 e. The second-order valence-corrected chi connectivity index (χ2v) is 5.42. The molecule has 0 bridgehead atoms. The molecule has 0 saturated heterocycles. The third-order valence-corrected chi connectivity index (χ3v) is 3.99. The second kappa shape index (κ2) is 4.81. The Balaban J connectivity index is 1.64. The lowest BCUT2D eigenvalue weighted by Gasteiger charge is -2.26. The molecule has 2 saturated carbocycles. The van der Waals surface area contributed by atoms with Gasteiger partial charge in [0.1, 0.15) is 0 Å². The van der Waals surface area contributed by atoms with Gasteiger partial charge in [0.2, 0.25) is 0 Å². The minimum absolute atomic E-state index is 0.443. The molecule has 0 spiro atoms. The molecule has 3 atom stereocenters. The van der Waals surface area contributed by atoms with Gasteiger partial charge in [0.15, 0.2) is 0 Å². The molecule has 2 rings (SSSR count). The molecule has 0 aromatic heterocycles. The van der Waals surface area contributed by atoms with Crippen LogP contribution in [0.2, 0.25) is 0 Å². The molecule has 15 heavy (non-hydrogen) atoms. The van der Waals surface area contributed by atoms with Crippen LogP contribution in [0, 0.1) is 0 Å². The molecule has 0 aromatic carbocycles. The molecule has 2 fully saturated rings. The Labute approximate surface area is 93.4 Å². The van der Waals surface area contributed by atoms with Crippen molar-refractivity contribution in [3.8, 4) is 0 Å². The van der Waals surface area contributed by atoms with Crippen molar-refractivity contribution < 1.29 is 0 Å². The van der Waals surface area contributed by atoms with Gasteiger partial charge in [-0.25, -0.2) is 0 Å². The largest absolute Gasteiger partial charge is 0.328 e. The molecule has 3 unspecified atom stereocenters. The first-order chi connectivity index (χ1) is 7.16. The molecule has 0 amide bonds. The third kappa shape index (κ3) is 3.16. The molecule has 0 aliphatic heterocycles. The van der Waals surface area contributed by atoms with Gasteiger partial charge in [-0.15, -0.1) is 0 Å². The third-order valence-electron chi connectivity index (χ3n) is 3.99. The zero-order valence-electron chi connectivity index (χ0n) is 10.1. The van der Waals surface area contributed by atoms with Gasteiger partial charge in [0.05, 0.1) is 0 Å². The summed E-state index contributed by atoms with van der Waals surface area (Å²) < 4.78 is 0. The fourth-order valence-electron chi connectivity index (χ4n) is 2.52. The summed E-state index contributed by atoms with van der Waals surface area (Å²) in [4.78, 5) is 2.52. The number of nitrogens with two attached hydrogens (primary N) is 1. The van der Waals surface area contributed by atoms with Crippen LogP contribution in [0.4, 0.5) is 0 Å². The van der Waals surface area contributed by atoms with Crippen molar-refractivity contribution in [3.05, 3.63) is 0 Å². The van der Waals surface area contributed by atoms with Crippen LogP contribution in [0.15, 0.2) is 0 Å². The Hall–Kier alpha value is -0.120. The van der Waals surface area contributed by atoms with Crippen LogP contribution in [0.3, 0.4) is 0 Å². The Kier molecular flexibility index (Phi) is 3.65. The quantitative estimate of drug-likeness (QED) is 0.711. The first-order valence-electron chi connectivity index (χ1n) is 6.37.